The number of ether oxygens (including phenoxy) is 1. The molecular weight excluding hydrogens is 665 g/mol. The van der Waals surface area contributed by atoms with E-state index in [0.29, 0.717) is 30.8 Å². The number of aliphatic hydroxyl groups excluding tert-OH is 1. The van der Waals surface area contributed by atoms with Crippen molar-refractivity contribution in [1.29, 1.82) is 0 Å². The smallest absolute Gasteiger partial charge is 0.407 e. The Bertz CT molecular complexity index is 1610. The van der Waals surface area contributed by atoms with E-state index in [-0.39, 0.29) is 49.8 Å². The third kappa shape index (κ3) is 8.22. The Hall–Kier alpha value is -3.78. The first-order valence-corrected chi connectivity index (χ1v) is 18.1. The lowest BCUT2D eigenvalue weighted by Crippen LogP contribution is -2.59. The zero-order valence-electron chi connectivity index (χ0n) is 29.9. The minimum atomic E-state index is -1.97. The van der Waals surface area contributed by atoms with Gasteiger partial charge in [0.2, 0.25) is 11.8 Å². The molecule has 4 amide bonds. The summed E-state index contributed by atoms with van der Waals surface area (Å²) in [5.74, 6) is -1.42. The monoisotopic (exact) mass is 715 g/mol. The summed E-state index contributed by atoms with van der Waals surface area (Å²) in [6.07, 6.45) is -1.49. The topological polar surface area (TPSA) is 161 Å². The molecule has 0 radical (unpaired) electrons. The number of β-amino-alcohol motifs (C(OH)–C–C–N with tert-alkyl or cyclic N) is 1. The van der Waals surface area contributed by atoms with Crippen molar-refractivity contribution in [3.63, 3.8) is 0 Å². The SMILES string of the molecule is Cc1ncsc1-c1ccc(CNC(=O)[C@@H]2C[C@@H](O)CN2C(=O)[C@@H](NC(=O)C2(F)CC2)C(C)(C)C)c(OC2CCN(C(=O)O)CC2C(C)(C)C)c1. The number of aliphatic hydroxyl groups is 1. The number of aromatic nitrogens is 1. The molecule has 0 spiro atoms. The highest BCUT2D eigenvalue weighted by molar-refractivity contribution is 7.13. The molecule has 3 heterocycles. The van der Waals surface area contributed by atoms with Crippen LogP contribution in [0.2, 0.25) is 0 Å². The number of piperidine rings is 1. The highest BCUT2D eigenvalue weighted by atomic mass is 32.1. The van der Waals surface area contributed by atoms with Gasteiger partial charge in [0, 0.05) is 50.5 Å². The van der Waals surface area contributed by atoms with Crippen molar-refractivity contribution in [2.75, 3.05) is 19.6 Å². The van der Waals surface area contributed by atoms with Crippen LogP contribution in [0.4, 0.5) is 9.18 Å². The number of hydrogen-bond acceptors (Lipinski definition) is 8. The lowest BCUT2D eigenvalue weighted by Gasteiger charge is -2.43. The number of alkyl halides is 1. The molecule has 1 aliphatic carbocycles. The van der Waals surface area contributed by atoms with Gasteiger partial charge in [-0.25, -0.2) is 14.2 Å². The van der Waals surface area contributed by atoms with E-state index in [9.17, 15) is 33.8 Å². The molecule has 2 unspecified atom stereocenters. The van der Waals surface area contributed by atoms with E-state index in [1.54, 1.807) is 26.3 Å². The Balaban J connectivity index is 1.37. The first-order valence-electron chi connectivity index (χ1n) is 17.2. The van der Waals surface area contributed by atoms with E-state index >= 15 is 0 Å². The fourth-order valence-electron chi connectivity index (χ4n) is 6.79. The summed E-state index contributed by atoms with van der Waals surface area (Å²) >= 11 is 1.51. The number of halogens is 1. The Kier molecular flexibility index (Phi) is 10.6. The minimum Gasteiger partial charge on any atom is -0.490 e. The fraction of sp³-hybridized carbons (Fsp3) is 0.639. The molecule has 12 nitrogen and oxygen atoms in total. The molecular formula is C36H50FN5O7S. The molecule has 5 rings (SSSR count). The molecule has 3 aliphatic rings. The van der Waals surface area contributed by atoms with Gasteiger partial charge in [-0.05, 0) is 42.2 Å². The first kappa shape index (κ1) is 37.5. The second-order valence-electron chi connectivity index (χ2n) is 16.1. The van der Waals surface area contributed by atoms with Crippen LogP contribution >= 0.6 is 11.3 Å². The molecule has 0 bridgehead atoms. The van der Waals surface area contributed by atoms with Crippen LogP contribution in [0.1, 0.15) is 78.5 Å². The van der Waals surface area contributed by atoms with Gasteiger partial charge in [-0.1, -0.05) is 53.7 Å². The zero-order chi connectivity index (χ0) is 36.8. The summed E-state index contributed by atoms with van der Waals surface area (Å²) < 4.78 is 21.3. The number of rotatable bonds is 9. The molecule has 14 heteroatoms. The van der Waals surface area contributed by atoms with Crippen molar-refractivity contribution in [2.45, 2.75) is 111 Å². The van der Waals surface area contributed by atoms with Gasteiger partial charge >= 0.3 is 6.09 Å². The maximum atomic E-state index is 14.6. The van der Waals surface area contributed by atoms with Gasteiger partial charge in [0.05, 0.1) is 22.2 Å². The lowest BCUT2D eigenvalue weighted by molar-refractivity contribution is -0.145. The number of nitrogens with zero attached hydrogens (tertiary/aromatic N) is 3. The molecule has 5 atom stereocenters. The average Bonchev–Trinajstić information content (AvgIpc) is 3.44. The Labute approximate surface area is 296 Å². The van der Waals surface area contributed by atoms with E-state index in [4.69, 9.17) is 4.74 Å². The van der Waals surface area contributed by atoms with E-state index in [2.05, 4.69) is 36.4 Å². The summed E-state index contributed by atoms with van der Waals surface area (Å²) in [4.78, 5) is 60.2. The van der Waals surface area contributed by atoms with Gasteiger partial charge < -0.3 is 35.4 Å². The number of carbonyl (C=O) groups excluding carboxylic acids is 3. The van der Waals surface area contributed by atoms with Crippen molar-refractivity contribution in [2.24, 2.45) is 16.7 Å². The normalized spacial score (nSPS) is 24.0. The van der Waals surface area contributed by atoms with Crippen LogP contribution in [-0.2, 0) is 20.9 Å². The molecule has 274 valence electrons. The predicted molar refractivity (Wildman–Crippen MR) is 186 cm³/mol. The lowest BCUT2D eigenvalue weighted by atomic mass is 9.74. The maximum Gasteiger partial charge on any atom is 0.407 e. The molecule has 3 fully saturated rings. The molecule has 2 aromatic rings. The van der Waals surface area contributed by atoms with Crippen LogP contribution in [-0.4, -0.2) is 98.4 Å². The van der Waals surface area contributed by atoms with Gasteiger partial charge in [-0.3, -0.25) is 14.4 Å². The maximum absolute atomic E-state index is 14.6. The number of thiazole rings is 1. The average molecular weight is 716 g/mol. The zero-order valence-corrected chi connectivity index (χ0v) is 30.7. The fourth-order valence-corrected chi connectivity index (χ4v) is 7.59. The van der Waals surface area contributed by atoms with Gasteiger partial charge in [-0.2, -0.15) is 0 Å². The van der Waals surface area contributed by atoms with Crippen LogP contribution in [0.15, 0.2) is 23.7 Å². The van der Waals surface area contributed by atoms with Crippen LogP contribution in [0.25, 0.3) is 10.4 Å². The molecule has 2 saturated heterocycles. The number of aryl methyl sites for hydroxylation is 1. The molecule has 1 aromatic heterocycles. The number of likely N-dealkylation sites (tertiary alicyclic amines) is 2. The second-order valence-corrected chi connectivity index (χ2v) is 16.9. The van der Waals surface area contributed by atoms with Gasteiger partial charge in [-0.15, -0.1) is 11.3 Å². The predicted octanol–water partition coefficient (Wildman–Crippen LogP) is 4.52. The third-order valence-electron chi connectivity index (χ3n) is 10.1. The van der Waals surface area contributed by atoms with Gasteiger partial charge in [0.1, 0.15) is 23.9 Å². The molecule has 2 aliphatic heterocycles. The largest absolute Gasteiger partial charge is 0.490 e. The number of hydrogen-bond donors (Lipinski definition) is 4. The summed E-state index contributed by atoms with van der Waals surface area (Å²) in [5, 5.41) is 25.8. The van der Waals surface area contributed by atoms with Crippen molar-refractivity contribution >= 4 is 35.2 Å². The number of carboxylic acid groups (broad SMARTS) is 1. The van der Waals surface area contributed by atoms with Crippen LogP contribution in [0.5, 0.6) is 5.75 Å². The quantitative estimate of drug-likeness (QED) is 0.295. The Morgan fingerprint density at radius 1 is 1.14 bits per heavy atom. The molecule has 1 aromatic carbocycles. The van der Waals surface area contributed by atoms with E-state index < -0.39 is 53.1 Å². The van der Waals surface area contributed by atoms with Crippen molar-refractivity contribution in [3.8, 4) is 16.2 Å². The van der Waals surface area contributed by atoms with Crippen molar-refractivity contribution in [1.82, 2.24) is 25.4 Å². The first-order chi connectivity index (χ1) is 23.3. The van der Waals surface area contributed by atoms with Crippen LogP contribution in [0, 0.1) is 23.7 Å². The van der Waals surface area contributed by atoms with Gasteiger partial charge in [0.25, 0.3) is 5.91 Å². The van der Waals surface area contributed by atoms with Crippen molar-refractivity contribution < 1.29 is 38.5 Å². The van der Waals surface area contributed by atoms with Gasteiger partial charge in [0.15, 0.2) is 5.67 Å². The summed E-state index contributed by atoms with van der Waals surface area (Å²) in [6.45, 7) is 14.0. The number of carbonyl (C=O) groups is 4. The molecule has 4 N–H and O–H groups in total. The Morgan fingerprint density at radius 2 is 1.84 bits per heavy atom. The third-order valence-corrected chi connectivity index (χ3v) is 11.1. The number of nitrogens with one attached hydrogen (secondary N) is 2. The summed E-state index contributed by atoms with van der Waals surface area (Å²) in [7, 11) is 0. The van der Waals surface area contributed by atoms with E-state index in [1.807, 2.05) is 25.1 Å². The van der Waals surface area contributed by atoms with Crippen LogP contribution < -0.4 is 15.4 Å². The van der Waals surface area contributed by atoms with Crippen LogP contribution in [0.3, 0.4) is 0 Å². The van der Waals surface area contributed by atoms with E-state index in [0.717, 1.165) is 16.1 Å². The minimum absolute atomic E-state index is 0.0117. The number of benzene rings is 1. The summed E-state index contributed by atoms with van der Waals surface area (Å²) in [6, 6.07) is 3.63. The standard InChI is InChI=1S/C36H50FN5O7S/c1-20-28(50-19-39-20)21-8-9-22(27(14-21)49-26-10-13-41(33(47)48)18-24(26)34(2,3)4)16-38-30(44)25-15-23(43)17-42(25)31(45)29(35(5,6)7)40-32(46)36(37)11-12-36/h8-9,14,19,23-26,29,43H,10-13,15-18H2,1-7H3,(H,38,44)(H,40,46)(H,47,48)/t23-,24?,25+,26?,29-/m1/s1. The Morgan fingerprint density at radius 3 is 2.42 bits per heavy atom. The highest BCUT2D eigenvalue weighted by Gasteiger charge is 2.53. The van der Waals surface area contributed by atoms with E-state index in [1.165, 1.54) is 21.1 Å². The molecule has 1 saturated carbocycles. The number of amides is 4. The second kappa shape index (κ2) is 14.1. The highest BCUT2D eigenvalue weighted by Crippen LogP contribution is 2.41. The summed E-state index contributed by atoms with van der Waals surface area (Å²) in [5.41, 5.74) is 1.21. The van der Waals surface area contributed by atoms with Crippen molar-refractivity contribution in [3.05, 3.63) is 35.0 Å². The molecule has 50 heavy (non-hydrogen) atoms.